The number of nitrogens with zero attached hydrogens (tertiary/aromatic N) is 3. The maximum absolute atomic E-state index is 13.0. The predicted molar refractivity (Wildman–Crippen MR) is 155 cm³/mol. The van der Waals surface area contributed by atoms with E-state index in [9.17, 15) is 40.6 Å². The molecule has 1 heterocycles. The second-order valence-corrected chi connectivity index (χ2v) is 12.2. The van der Waals surface area contributed by atoms with E-state index < -0.39 is 64.3 Å². The number of hydrogen-bond donors (Lipinski definition) is 6. The molecular weight excluding hydrogens is 620 g/mol. The summed E-state index contributed by atoms with van der Waals surface area (Å²) in [4.78, 5) is 26.0. The van der Waals surface area contributed by atoms with E-state index in [1.807, 2.05) is 0 Å². The number of aromatic carboxylic acids is 1. The first-order valence-electron chi connectivity index (χ1n) is 12.6. The molecule has 0 spiro atoms. The van der Waals surface area contributed by atoms with E-state index in [-0.39, 0.29) is 39.7 Å². The Kier molecular flexibility index (Phi) is 8.93. The molecular formula is C26H24N6O10S2. The fourth-order valence-corrected chi connectivity index (χ4v) is 6.19. The van der Waals surface area contributed by atoms with Crippen LogP contribution in [0.1, 0.15) is 40.0 Å². The number of azide groups is 1. The van der Waals surface area contributed by atoms with Gasteiger partial charge in [-0.05, 0) is 66.4 Å². The van der Waals surface area contributed by atoms with Gasteiger partial charge in [0, 0.05) is 40.1 Å². The van der Waals surface area contributed by atoms with Gasteiger partial charge in [0.2, 0.25) is 0 Å². The van der Waals surface area contributed by atoms with Crippen LogP contribution >= 0.6 is 0 Å². The van der Waals surface area contributed by atoms with Gasteiger partial charge in [-0.1, -0.05) is 11.5 Å². The highest BCUT2D eigenvalue weighted by atomic mass is 32.2. The Balaban J connectivity index is 2.01. The number of nitrogen functional groups attached to an aromatic ring is 1. The number of unbranched alkanes of at least 4 members (excludes halogenated alkanes) is 2. The van der Waals surface area contributed by atoms with Crippen LogP contribution in [0.3, 0.4) is 0 Å². The van der Waals surface area contributed by atoms with E-state index in [1.165, 1.54) is 24.3 Å². The summed E-state index contributed by atoms with van der Waals surface area (Å²) < 4.78 is 74.9. The zero-order valence-corrected chi connectivity index (χ0v) is 24.1. The summed E-state index contributed by atoms with van der Waals surface area (Å²) in [5.41, 5.74) is 12.0. The third-order valence-corrected chi connectivity index (χ3v) is 8.44. The van der Waals surface area contributed by atoms with E-state index in [1.54, 1.807) is 0 Å². The van der Waals surface area contributed by atoms with Crippen LogP contribution in [-0.2, 0) is 20.2 Å². The quantitative estimate of drug-likeness (QED) is 0.0260. The lowest BCUT2D eigenvalue weighted by Gasteiger charge is -2.20. The Bertz CT molecular complexity index is 2120. The molecule has 1 aliphatic carbocycles. The first-order valence-corrected chi connectivity index (χ1v) is 15.5. The van der Waals surface area contributed by atoms with Crippen LogP contribution in [-0.4, -0.2) is 56.0 Å². The molecule has 0 saturated heterocycles. The summed E-state index contributed by atoms with van der Waals surface area (Å²) in [5, 5.41) is 23.3. The van der Waals surface area contributed by atoms with Crippen molar-refractivity contribution in [3.05, 3.63) is 69.4 Å². The van der Waals surface area contributed by atoms with Crippen molar-refractivity contribution in [2.45, 2.75) is 29.1 Å². The number of carbonyl (C=O) groups is 2. The van der Waals surface area contributed by atoms with Gasteiger partial charge in [-0.3, -0.25) is 19.3 Å². The number of carbonyl (C=O) groups excluding carboxylic acids is 1. The molecule has 4 rings (SSSR count). The fraction of sp³-hybridized carbons (Fsp3) is 0.192. The van der Waals surface area contributed by atoms with Gasteiger partial charge in [0.15, 0.2) is 21.1 Å². The Morgan fingerprint density at radius 1 is 0.977 bits per heavy atom. The lowest BCUT2D eigenvalue weighted by Crippen LogP contribution is -2.24. The van der Waals surface area contributed by atoms with Crippen molar-refractivity contribution in [2.75, 3.05) is 18.8 Å². The summed E-state index contributed by atoms with van der Waals surface area (Å²) in [6, 6.07) is 8.09. The van der Waals surface area contributed by atoms with Gasteiger partial charge in [-0.2, -0.15) is 16.8 Å². The molecule has 2 aromatic carbocycles. The van der Waals surface area contributed by atoms with Crippen LogP contribution in [0, 0.1) is 5.41 Å². The number of anilines is 1. The molecule has 18 heteroatoms. The highest BCUT2D eigenvalue weighted by Crippen LogP contribution is 2.45. The van der Waals surface area contributed by atoms with Gasteiger partial charge in [0.25, 0.3) is 26.1 Å². The molecule has 2 aromatic rings. The number of carboxylic acids is 1. The largest absolute Gasteiger partial charge is 0.478 e. The minimum absolute atomic E-state index is 0.0151. The predicted octanol–water partition coefficient (Wildman–Crippen LogP) is 3.67. The van der Waals surface area contributed by atoms with E-state index in [4.69, 9.17) is 21.1 Å². The number of fused-ring (bicyclic) bond motifs is 2. The van der Waals surface area contributed by atoms with Gasteiger partial charge in [0.1, 0.15) is 0 Å². The summed E-state index contributed by atoms with van der Waals surface area (Å²) in [6.07, 6.45) is 1.81. The molecule has 0 aromatic heterocycles. The van der Waals surface area contributed by atoms with E-state index >= 15 is 0 Å². The fourth-order valence-electron chi connectivity index (χ4n) is 4.71. The van der Waals surface area contributed by atoms with E-state index in [2.05, 4.69) is 15.3 Å². The van der Waals surface area contributed by atoms with Crippen molar-refractivity contribution in [1.29, 1.82) is 5.41 Å². The van der Waals surface area contributed by atoms with Crippen molar-refractivity contribution in [3.63, 3.8) is 0 Å². The number of nitrogens with one attached hydrogen (secondary N) is 2. The molecule has 1 amide bonds. The first-order chi connectivity index (χ1) is 20.7. The molecule has 0 bridgehead atoms. The average molecular weight is 645 g/mol. The van der Waals surface area contributed by atoms with Crippen LogP contribution in [0.2, 0.25) is 0 Å². The number of nitrogens with two attached hydrogens (primary N) is 1. The van der Waals surface area contributed by atoms with Crippen molar-refractivity contribution in [3.8, 4) is 22.5 Å². The number of carboxylic acid groups (broad SMARTS) is 1. The van der Waals surface area contributed by atoms with Crippen molar-refractivity contribution < 1.29 is 45.1 Å². The van der Waals surface area contributed by atoms with Gasteiger partial charge < -0.3 is 20.6 Å². The third kappa shape index (κ3) is 6.34. The highest BCUT2D eigenvalue weighted by Gasteiger charge is 2.32. The summed E-state index contributed by atoms with van der Waals surface area (Å²) in [5.74, 6) is -2.79. The van der Waals surface area contributed by atoms with Crippen LogP contribution in [0.25, 0.3) is 43.9 Å². The molecule has 0 saturated carbocycles. The minimum atomic E-state index is -5.18. The van der Waals surface area contributed by atoms with Gasteiger partial charge in [-0.25, -0.2) is 4.79 Å². The van der Waals surface area contributed by atoms with Gasteiger partial charge in [-0.15, -0.1) is 0 Å². The van der Waals surface area contributed by atoms with Crippen LogP contribution < -0.4 is 16.4 Å². The van der Waals surface area contributed by atoms with Gasteiger partial charge in [0.05, 0.1) is 16.6 Å². The summed E-state index contributed by atoms with van der Waals surface area (Å²) in [7, 11) is -10.3. The Morgan fingerprint density at radius 2 is 1.68 bits per heavy atom. The van der Waals surface area contributed by atoms with Crippen LogP contribution in [0.5, 0.6) is 0 Å². The van der Waals surface area contributed by atoms with Crippen LogP contribution in [0.4, 0.5) is 5.69 Å². The highest BCUT2D eigenvalue weighted by molar-refractivity contribution is 7.86. The number of rotatable bonds is 11. The maximum atomic E-state index is 13.0. The molecule has 0 unspecified atom stereocenters. The molecule has 16 nitrogen and oxygen atoms in total. The summed E-state index contributed by atoms with van der Waals surface area (Å²) in [6.45, 7) is 0.546. The lowest BCUT2D eigenvalue weighted by atomic mass is 9.89. The normalized spacial score (nSPS) is 11.8. The second-order valence-electron chi connectivity index (χ2n) is 9.44. The van der Waals surface area contributed by atoms with Crippen molar-refractivity contribution in [2.24, 2.45) is 5.11 Å². The molecule has 44 heavy (non-hydrogen) atoms. The third-order valence-electron chi connectivity index (χ3n) is 6.58. The zero-order valence-electron chi connectivity index (χ0n) is 22.5. The molecule has 7 N–H and O–H groups in total. The van der Waals surface area contributed by atoms with E-state index in [0.29, 0.717) is 25.8 Å². The Hall–Kier alpha value is -5.00. The van der Waals surface area contributed by atoms with Crippen LogP contribution in [0.15, 0.2) is 61.8 Å². The Morgan fingerprint density at radius 3 is 2.32 bits per heavy atom. The van der Waals surface area contributed by atoms with Gasteiger partial charge >= 0.3 is 5.97 Å². The average Bonchev–Trinajstić information content (AvgIpc) is 2.93. The molecule has 2 aliphatic rings. The number of amides is 1. The first kappa shape index (κ1) is 31.9. The smallest absolute Gasteiger partial charge is 0.336 e. The van der Waals surface area contributed by atoms with E-state index in [0.717, 1.165) is 18.2 Å². The molecule has 0 atom stereocenters. The monoisotopic (exact) mass is 644 g/mol. The molecule has 1 aliphatic heterocycles. The molecule has 0 radical (unpaired) electrons. The SMILES string of the molecule is [N-]=[N+]=NCCCCCNC(=O)c1ccc(C(=O)O)c(-c2c3ccc(=N)c(S(=O)(=O)O)c-3oc3c(S(=O)(=O)O)c(N)ccc23)c1. The lowest BCUT2D eigenvalue weighted by molar-refractivity contribution is 0.0697. The topological polar surface area (TPSA) is 287 Å². The minimum Gasteiger partial charge on any atom is -0.478 e. The number of hydrogen-bond acceptors (Lipinski definition) is 10. The van der Waals surface area contributed by atoms with Crippen molar-refractivity contribution in [1.82, 2.24) is 5.32 Å². The molecule has 0 fully saturated rings. The standard InChI is InChI=1S/C26H24N6O10S2/c27-18-8-6-15-20(16-7-9-19(28)24(44(39,40)41)22(16)42-21(15)23(18)43(36,37)38)17-12-13(4-5-14(17)26(34)35)25(33)30-10-2-1-3-11-31-32-29/h4-9,12,27H,1-3,10-11,28H2,(H,30,33)(H,34,35)(H,36,37,38)(H,39,40,41). The zero-order chi connectivity index (χ0) is 32.4. The number of benzene rings is 3. The van der Waals surface area contributed by atoms with Crippen molar-refractivity contribution >= 4 is 48.8 Å². The summed E-state index contributed by atoms with van der Waals surface area (Å²) >= 11 is 0. The maximum Gasteiger partial charge on any atom is 0.336 e. The second kappa shape index (κ2) is 12.3. The Labute approximate surface area is 249 Å². The molecule has 230 valence electrons.